The third-order valence-corrected chi connectivity index (χ3v) is 16.9. The van der Waals surface area contributed by atoms with E-state index in [-0.39, 0.29) is 5.82 Å². The number of aryl methyl sites for hydroxylation is 2. The van der Waals surface area contributed by atoms with Gasteiger partial charge in [0, 0.05) is 54.8 Å². The van der Waals surface area contributed by atoms with Crippen molar-refractivity contribution in [3.05, 3.63) is 290 Å². The highest BCUT2D eigenvalue weighted by molar-refractivity contribution is 6.29. The Hall–Kier alpha value is -10.8. The predicted molar refractivity (Wildman–Crippen MR) is 345 cm³/mol. The van der Waals surface area contributed by atoms with E-state index in [0.29, 0.717) is 11.3 Å². The molecule has 0 amide bonds. The van der Waals surface area contributed by atoms with Gasteiger partial charge in [0.25, 0.3) is 0 Å². The first-order valence-corrected chi connectivity index (χ1v) is 28.2. The molecule has 0 aliphatic carbocycles. The number of nitrogens with zero attached hydrogens (tertiary/aromatic N) is 2. The maximum Gasteiger partial charge on any atom is 0.159 e. The van der Waals surface area contributed by atoms with Gasteiger partial charge in [-0.1, -0.05) is 218 Å². The molecule has 0 unspecified atom stereocenters. The Morgan fingerprint density at radius 1 is 0.277 bits per heavy atom. The van der Waals surface area contributed by atoms with Gasteiger partial charge in [-0.25, -0.2) is 4.39 Å². The van der Waals surface area contributed by atoms with E-state index in [4.69, 9.17) is 8.83 Å². The quantitative estimate of drug-likeness (QED) is 0.128. The number of fused-ring (bicyclic) bond motifs is 6. The van der Waals surface area contributed by atoms with E-state index < -0.39 is 0 Å². The fourth-order valence-corrected chi connectivity index (χ4v) is 13.1. The highest BCUT2D eigenvalue weighted by Crippen LogP contribution is 2.52. The molecule has 83 heavy (non-hydrogen) atoms. The molecule has 392 valence electrons. The summed E-state index contributed by atoms with van der Waals surface area (Å²) in [4.78, 5) is 4.59. The standard InChI is InChI=1S/C78H51FN2O2/c1-48-18-9-11-26-59(48)61-28-14-30-63-65-32-16-34-71(77(65)82-75(61)63)80(57-25-13-24-54(45-57)50-20-5-3-6-21-50)69-42-38-52-37-41-68-70(43-39-53-36-40-67(69)73(52)74(53)68)81(58-46-55(44-56(79)47-58)51-22-7-4-8-23-51)72-35-17-33-66-64-31-15-29-62(76(64)83-78(66)72)60-27-12-10-19-49(60)2/h3-47H,1-2H3. The Morgan fingerprint density at radius 3 is 1.22 bits per heavy atom. The number of rotatable bonds is 10. The topological polar surface area (TPSA) is 32.8 Å². The molecule has 0 fully saturated rings. The number of hydrogen-bond acceptors (Lipinski definition) is 4. The summed E-state index contributed by atoms with van der Waals surface area (Å²) in [6.07, 6.45) is 0. The lowest BCUT2D eigenvalue weighted by atomic mass is 9.91. The zero-order valence-corrected chi connectivity index (χ0v) is 45.6. The highest BCUT2D eigenvalue weighted by Gasteiger charge is 2.28. The first-order chi connectivity index (χ1) is 40.9. The van der Waals surface area contributed by atoms with Gasteiger partial charge in [0.05, 0.1) is 22.7 Å². The van der Waals surface area contributed by atoms with E-state index in [9.17, 15) is 0 Å². The number of furan rings is 2. The molecule has 0 radical (unpaired) electrons. The fraction of sp³-hybridized carbons (Fsp3) is 0.0256. The summed E-state index contributed by atoms with van der Waals surface area (Å²) in [5, 5.41) is 10.6. The normalized spacial score (nSPS) is 11.8. The van der Waals surface area contributed by atoms with E-state index in [2.05, 4.69) is 254 Å². The second-order valence-electron chi connectivity index (χ2n) is 21.7. The van der Waals surface area contributed by atoms with E-state index in [1.807, 2.05) is 30.3 Å². The molecular formula is C78H51FN2O2. The van der Waals surface area contributed by atoms with Crippen molar-refractivity contribution >= 4 is 110 Å². The molecular weight excluding hydrogens is 1020 g/mol. The van der Waals surface area contributed by atoms with Crippen LogP contribution in [0, 0.1) is 19.7 Å². The van der Waals surface area contributed by atoms with Crippen molar-refractivity contribution in [3.63, 3.8) is 0 Å². The summed E-state index contributed by atoms with van der Waals surface area (Å²) in [6.45, 7) is 4.30. The van der Waals surface area contributed by atoms with Crippen LogP contribution in [0.2, 0.25) is 0 Å². The second-order valence-corrected chi connectivity index (χ2v) is 21.7. The number of halogens is 1. The first kappa shape index (κ1) is 48.2. The minimum atomic E-state index is -0.338. The van der Waals surface area contributed by atoms with Crippen molar-refractivity contribution in [1.29, 1.82) is 0 Å². The Balaban J connectivity index is 0.951. The third kappa shape index (κ3) is 7.80. The highest BCUT2D eigenvalue weighted by atomic mass is 19.1. The van der Waals surface area contributed by atoms with E-state index in [0.717, 1.165) is 149 Å². The van der Waals surface area contributed by atoms with Gasteiger partial charge in [0.15, 0.2) is 11.2 Å². The van der Waals surface area contributed by atoms with Crippen LogP contribution in [-0.2, 0) is 0 Å². The Kier molecular flexibility index (Phi) is 11.2. The third-order valence-electron chi connectivity index (χ3n) is 16.9. The maximum atomic E-state index is 16.6. The van der Waals surface area contributed by atoms with Crippen LogP contribution in [0.4, 0.5) is 38.5 Å². The summed E-state index contributed by atoms with van der Waals surface area (Å²) in [6, 6.07) is 95.4. The summed E-state index contributed by atoms with van der Waals surface area (Å²) in [5.41, 5.74) is 19.1. The van der Waals surface area contributed by atoms with Crippen LogP contribution in [0.1, 0.15) is 11.1 Å². The van der Waals surface area contributed by atoms with Crippen LogP contribution >= 0.6 is 0 Å². The van der Waals surface area contributed by atoms with E-state index in [1.54, 1.807) is 12.1 Å². The smallest absolute Gasteiger partial charge is 0.159 e. The van der Waals surface area contributed by atoms with Gasteiger partial charge in [-0.2, -0.15) is 0 Å². The minimum absolute atomic E-state index is 0.338. The molecule has 0 N–H and O–H groups in total. The monoisotopic (exact) mass is 1070 g/mol. The van der Waals surface area contributed by atoms with E-state index in [1.165, 1.54) is 5.56 Å². The number of benzene rings is 14. The lowest BCUT2D eigenvalue weighted by Crippen LogP contribution is -2.12. The van der Waals surface area contributed by atoms with Crippen LogP contribution in [0.15, 0.2) is 282 Å². The molecule has 0 saturated carbocycles. The summed E-state index contributed by atoms with van der Waals surface area (Å²) >= 11 is 0. The zero-order chi connectivity index (χ0) is 55.3. The molecule has 0 bridgehead atoms. The molecule has 0 aliphatic heterocycles. The van der Waals surface area contributed by atoms with Crippen molar-refractivity contribution in [2.45, 2.75) is 13.8 Å². The molecule has 0 aliphatic rings. The molecule has 14 aromatic carbocycles. The number of anilines is 6. The van der Waals surface area contributed by atoms with Gasteiger partial charge >= 0.3 is 0 Å². The van der Waals surface area contributed by atoms with Crippen molar-refractivity contribution < 1.29 is 13.2 Å². The van der Waals surface area contributed by atoms with Crippen molar-refractivity contribution in [2.24, 2.45) is 0 Å². The number of para-hydroxylation sites is 4. The molecule has 0 spiro atoms. The van der Waals surface area contributed by atoms with Crippen molar-refractivity contribution in [1.82, 2.24) is 0 Å². The van der Waals surface area contributed by atoms with Crippen molar-refractivity contribution in [3.8, 4) is 44.5 Å². The predicted octanol–water partition coefficient (Wildman–Crippen LogP) is 22.7. The van der Waals surface area contributed by atoms with Gasteiger partial charge < -0.3 is 18.6 Å². The van der Waals surface area contributed by atoms with Gasteiger partial charge in [-0.3, -0.25) is 0 Å². The molecule has 0 saturated heterocycles. The SMILES string of the molecule is Cc1ccccc1-c1cccc2c1oc1c(N(c3cccc(-c4ccccc4)c3)c3ccc4ccc5c(N(c6cc(F)cc(-c7ccccc7)c6)c6cccc7c6oc6c(-c8ccccc8C)cccc67)ccc6ccc3c4c65)cccc12. The van der Waals surface area contributed by atoms with Gasteiger partial charge in [0.2, 0.25) is 0 Å². The van der Waals surface area contributed by atoms with Gasteiger partial charge in [-0.15, -0.1) is 0 Å². The first-order valence-electron chi connectivity index (χ1n) is 28.2. The van der Waals surface area contributed by atoms with Crippen LogP contribution < -0.4 is 9.80 Å². The Bertz CT molecular complexity index is 5210. The molecule has 4 nitrogen and oxygen atoms in total. The van der Waals surface area contributed by atoms with Crippen LogP contribution in [0.5, 0.6) is 0 Å². The van der Waals surface area contributed by atoms with Gasteiger partial charge in [-0.05, 0) is 134 Å². The zero-order valence-electron chi connectivity index (χ0n) is 45.6. The molecule has 2 heterocycles. The molecule has 0 atom stereocenters. The van der Waals surface area contributed by atoms with E-state index >= 15 is 4.39 Å². The second kappa shape index (κ2) is 19.2. The van der Waals surface area contributed by atoms with Crippen molar-refractivity contribution in [2.75, 3.05) is 9.80 Å². The molecule has 2 aromatic heterocycles. The van der Waals surface area contributed by atoms with Crippen LogP contribution in [0.3, 0.4) is 0 Å². The lowest BCUT2D eigenvalue weighted by Gasteiger charge is -2.29. The summed E-state index contributed by atoms with van der Waals surface area (Å²) in [5.74, 6) is -0.338. The fourth-order valence-electron chi connectivity index (χ4n) is 13.1. The molecule has 5 heteroatoms. The summed E-state index contributed by atoms with van der Waals surface area (Å²) in [7, 11) is 0. The van der Waals surface area contributed by atoms with Crippen LogP contribution in [0.25, 0.3) is 121 Å². The Morgan fingerprint density at radius 2 is 0.687 bits per heavy atom. The molecule has 16 rings (SSSR count). The largest absolute Gasteiger partial charge is 0.453 e. The maximum absolute atomic E-state index is 16.6. The van der Waals surface area contributed by atoms with Crippen LogP contribution in [-0.4, -0.2) is 0 Å². The summed E-state index contributed by atoms with van der Waals surface area (Å²) < 4.78 is 31.1. The Labute approximate surface area is 479 Å². The lowest BCUT2D eigenvalue weighted by molar-refractivity contribution is 0.628. The average molecular weight is 1070 g/mol. The average Bonchev–Trinajstić information content (AvgIpc) is 3.42. The minimum Gasteiger partial charge on any atom is -0.453 e. The molecule has 16 aromatic rings. The number of hydrogen-bond donors (Lipinski definition) is 0. The van der Waals surface area contributed by atoms with Gasteiger partial charge in [0.1, 0.15) is 17.0 Å².